The third-order valence-corrected chi connectivity index (χ3v) is 4.39. The zero-order valence-corrected chi connectivity index (χ0v) is 14.1. The molecule has 1 aliphatic rings. The molecule has 1 fully saturated rings. The molecule has 0 aromatic carbocycles. The van der Waals surface area contributed by atoms with Gasteiger partial charge in [0.15, 0.2) is 0 Å². The molecule has 0 bridgehead atoms. The van der Waals surface area contributed by atoms with Crippen molar-refractivity contribution >= 4 is 0 Å². The van der Waals surface area contributed by atoms with E-state index in [4.69, 9.17) is 4.74 Å². The lowest BCUT2D eigenvalue weighted by Gasteiger charge is -2.34. The highest BCUT2D eigenvalue weighted by Gasteiger charge is 2.28. The van der Waals surface area contributed by atoms with Crippen molar-refractivity contribution in [2.24, 2.45) is 5.41 Å². The first-order valence-electron chi connectivity index (χ1n) is 7.99. The highest BCUT2D eigenvalue weighted by molar-refractivity contribution is 5.28. The Morgan fingerprint density at radius 2 is 1.86 bits per heavy atom. The summed E-state index contributed by atoms with van der Waals surface area (Å²) in [4.78, 5) is 4.65. The van der Waals surface area contributed by atoms with Crippen molar-refractivity contribution in [2.75, 3.05) is 0 Å². The van der Waals surface area contributed by atoms with E-state index in [1.165, 1.54) is 12.8 Å². The SMILES string of the molecule is CC1(C)CCC(Oc2cc(CO)cc(C(C)(C)C)n2)CC1. The quantitative estimate of drug-likeness (QED) is 0.906. The van der Waals surface area contributed by atoms with E-state index in [2.05, 4.69) is 39.6 Å². The summed E-state index contributed by atoms with van der Waals surface area (Å²) in [5, 5.41) is 9.44. The fraction of sp³-hybridized carbons (Fsp3) is 0.722. The third-order valence-electron chi connectivity index (χ3n) is 4.39. The Bertz CT molecular complexity index is 478. The Morgan fingerprint density at radius 1 is 1.24 bits per heavy atom. The van der Waals surface area contributed by atoms with Gasteiger partial charge < -0.3 is 9.84 Å². The van der Waals surface area contributed by atoms with E-state index in [1.807, 2.05) is 12.1 Å². The van der Waals surface area contributed by atoms with Gasteiger partial charge in [-0.1, -0.05) is 34.6 Å². The molecular formula is C18H29NO2. The van der Waals surface area contributed by atoms with Gasteiger partial charge in [-0.2, -0.15) is 0 Å². The molecule has 0 spiro atoms. The lowest BCUT2D eigenvalue weighted by Crippen LogP contribution is -2.29. The van der Waals surface area contributed by atoms with Crippen LogP contribution in [0.3, 0.4) is 0 Å². The van der Waals surface area contributed by atoms with Crippen LogP contribution in [-0.4, -0.2) is 16.2 Å². The lowest BCUT2D eigenvalue weighted by molar-refractivity contribution is 0.0943. The number of nitrogens with zero attached hydrogens (tertiary/aromatic N) is 1. The predicted molar refractivity (Wildman–Crippen MR) is 85.5 cm³/mol. The molecule has 1 aromatic heterocycles. The summed E-state index contributed by atoms with van der Waals surface area (Å²) in [5.74, 6) is 0.663. The molecule has 1 aliphatic carbocycles. The molecule has 3 nitrogen and oxygen atoms in total. The Balaban J connectivity index is 2.13. The largest absolute Gasteiger partial charge is 0.474 e. The van der Waals surface area contributed by atoms with Crippen molar-refractivity contribution in [3.05, 3.63) is 23.4 Å². The van der Waals surface area contributed by atoms with E-state index in [0.717, 1.165) is 24.1 Å². The average molecular weight is 291 g/mol. The summed E-state index contributed by atoms with van der Waals surface area (Å²) < 4.78 is 6.10. The number of aromatic nitrogens is 1. The van der Waals surface area contributed by atoms with Gasteiger partial charge in [0.25, 0.3) is 0 Å². The first-order valence-corrected chi connectivity index (χ1v) is 7.99. The van der Waals surface area contributed by atoms with Gasteiger partial charge in [0.1, 0.15) is 6.10 Å². The third kappa shape index (κ3) is 4.44. The molecule has 0 radical (unpaired) electrons. The average Bonchev–Trinajstić information content (AvgIpc) is 2.40. The molecule has 1 saturated carbocycles. The van der Waals surface area contributed by atoms with Crippen LogP contribution in [0, 0.1) is 5.41 Å². The maximum atomic E-state index is 9.44. The molecule has 0 aliphatic heterocycles. The molecule has 0 saturated heterocycles. The zero-order valence-electron chi connectivity index (χ0n) is 14.1. The van der Waals surface area contributed by atoms with E-state index in [-0.39, 0.29) is 18.1 Å². The van der Waals surface area contributed by atoms with Gasteiger partial charge in [-0.3, -0.25) is 0 Å². The molecule has 1 N–H and O–H groups in total. The second-order valence-corrected chi connectivity index (χ2v) is 8.09. The fourth-order valence-electron chi connectivity index (χ4n) is 2.76. The lowest BCUT2D eigenvalue weighted by atomic mass is 9.76. The fourth-order valence-corrected chi connectivity index (χ4v) is 2.76. The minimum absolute atomic E-state index is 0.0274. The summed E-state index contributed by atoms with van der Waals surface area (Å²) in [6, 6.07) is 3.84. The first-order chi connectivity index (χ1) is 9.69. The topological polar surface area (TPSA) is 42.4 Å². The molecule has 0 amide bonds. The second kappa shape index (κ2) is 5.96. The van der Waals surface area contributed by atoms with Crippen molar-refractivity contribution in [3.8, 4) is 5.88 Å². The van der Waals surface area contributed by atoms with Crippen LogP contribution < -0.4 is 4.74 Å². The molecule has 21 heavy (non-hydrogen) atoms. The van der Waals surface area contributed by atoms with Crippen molar-refractivity contribution in [1.82, 2.24) is 4.98 Å². The van der Waals surface area contributed by atoms with E-state index in [9.17, 15) is 5.11 Å². The van der Waals surface area contributed by atoms with Crippen molar-refractivity contribution < 1.29 is 9.84 Å². The monoisotopic (exact) mass is 291 g/mol. The van der Waals surface area contributed by atoms with Gasteiger partial charge in [-0.15, -0.1) is 0 Å². The molecule has 1 aromatic rings. The maximum absolute atomic E-state index is 9.44. The zero-order chi connectivity index (χ0) is 15.7. The number of rotatable bonds is 3. The van der Waals surface area contributed by atoms with Gasteiger partial charge in [0.05, 0.1) is 12.3 Å². The number of pyridine rings is 1. The number of hydrogen-bond acceptors (Lipinski definition) is 3. The van der Waals surface area contributed by atoms with Gasteiger partial charge in [0.2, 0.25) is 5.88 Å². The van der Waals surface area contributed by atoms with Crippen LogP contribution in [0.15, 0.2) is 12.1 Å². The Labute approximate surface area is 128 Å². The molecule has 0 unspecified atom stereocenters. The summed E-state index contributed by atoms with van der Waals surface area (Å²) in [6.07, 6.45) is 4.82. The van der Waals surface area contributed by atoms with Crippen molar-refractivity contribution in [3.63, 3.8) is 0 Å². The number of aliphatic hydroxyl groups is 1. The minimum Gasteiger partial charge on any atom is -0.474 e. The Morgan fingerprint density at radius 3 is 2.38 bits per heavy atom. The highest BCUT2D eigenvalue weighted by atomic mass is 16.5. The molecular weight excluding hydrogens is 262 g/mol. The van der Waals surface area contributed by atoms with Crippen LogP contribution in [0.1, 0.15) is 71.6 Å². The van der Waals surface area contributed by atoms with E-state index in [0.29, 0.717) is 11.3 Å². The van der Waals surface area contributed by atoms with Crippen LogP contribution in [0.25, 0.3) is 0 Å². The second-order valence-electron chi connectivity index (χ2n) is 8.09. The number of aliphatic hydroxyl groups excluding tert-OH is 1. The molecule has 2 rings (SSSR count). The first kappa shape index (κ1) is 16.3. The minimum atomic E-state index is -0.0438. The van der Waals surface area contributed by atoms with Crippen molar-refractivity contribution in [2.45, 2.75) is 78.4 Å². The van der Waals surface area contributed by atoms with Crippen molar-refractivity contribution in [1.29, 1.82) is 0 Å². The molecule has 0 atom stereocenters. The van der Waals surface area contributed by atoms with Crippen LogP contribution in [0.2, 0.25) is 0 Å². The van der Waals surface area contributed by atoms with E-state index < -0.39 is 0 Å². The molecule has 3 heteroatoms. The Kier molecular flexibility index (Phi) is 4.62. The van der Waals surface area contributed by atoms with E-state index in [1.54, 1.807) is 0 Å². The van der Waals surface area contributed by atoms with Gasteiger partial charge in [-0.05, 0) is 42.7 Å². The molecule has 118 valence electrons. The van der Waals surface area contributed by atoms with Gasteiger partial charge in [-0.25, -0.2) is 4.98 Å². The normalized spacial score (nSPS) is 19.5. The maximum Gasteiger partial charge on any atom is 0.214 e. The summed E-state index contributed by atoms with van der Waals surface area (Å²) >= 11 is 0. The highest BCUT2D eigenvalue weighted by Crippen LogP contribution is 2.36. The van der Waals surface area contributed by atoms with Crippen LogP contribution in [0.4, 0.5) is 0 Å². The van der Waals surface area contributed by atoms with E-state index >= 15 is 0 Å². The smallest absolute Gasteiger partial charge is 0.214 e. The summed E-state index contributed by atoms with van der Waals surface area (Å²) in [6.45, 7) is 11.1. The van der Waals surface area contributed by atoms with Crippen LogP contribution in [-0.2, 0) is 12.0 Å². The van der Waals surface area contributed by atoms with Crippen LogP contribution >= 0.6 is 0 Å². The number of hydrogen-bond donors (Lipinski definition) is 1. The number of ether oxygens (including phenoxy) is 1. The van der Waals surface area contributed by atoms with Gasteiger partial charge >= 0.3 is 0 Å². The van der Waals surface area contributed by atoms with Gasteiger partial charge in [0, 0.05) is 11.5 Å². The molecule has 1 heterocycles. The Hall–Kier alpha value is -1.09. The van der Waals surface area contributed by atoms with Crippen LogP contribution in [0.5, 0.6) is 5.88 Å². The predicted octanol–water partition coefficient (Wildman–Crippen LogP) is 4.22. The standard InChI is InChI=1S/C18H29NO2/c1-17(2,3)15-10-13(12-20)11-16(19-15)21-14-6-8-18(4,5)9-7-14/h10-11,14,20H,6-9,12H2,1-5H3. The summed E-state index contributed by atoms with van der Waals surface area (Å²) in [7, 11) is 0. The summed E-state index contributed by atoms with van der Waals surface area (Å²) in [5.41, 5.74) is 2.25.